The molecule has 0 unspecified atom stereocenters. The van der Waals surface area contributed by atoms with E-state index in [0.29, 0.717) is 0 Å². The molecule has 0 saturated heterocycles. The van der Waals surface area contributed by atoms with Gasteiger partial charge >= 0.3 is 95.1 Å². The zero-order valence-corrected chi connectivity index (χ0v) is 5.89. The molecule has 0 aromatic heterocycles. The molecule has 0 aliphatic heterocycles. The fraction of sp³-hybridized carbons (Fsp3) is 0.167. The van der Waals surface area contributed by atoms with Gasteiger partial charge in [-0.2, -0.15) is 0 Å². The molecule has 0 aromatic carbocycles. The molecule has 0 saturated carbocycles. The van der Waals surface area contributed by atoms with Gasteiger partial charge in [0.15, 0.2) is 0 Å². The average molecular weight is 231 g/mol. The number of rotatable bonds is 2. The number of carboxylic acids is 1. The molecule has 0 rings (SSSR count). The fourth-order valence-corrected chi connectivity index (χ4v) is 0.249. The van der Waals surface area contributed by atoms with E-state index in [9.17, 15) is 4.79 Å². The summed E-state index contributed by atoms with van der Waals surface area (Å²) in [4.78, 5) is 9.75. The minimum atomic E-state index is -0.914. The van der Waals surface area contributed by atoms with Crippen molar-refractivity contribution in [3.05, 3.63) is 24.3 Å². The van der Waals surface area contributed by atoms with Crippen LogP contribution in [0.3, 0.4) is 0 Å². The predicted molar refractivity (Wildman–Crippen MR) is 54.5 cm³/mol. The van der Waals surface area contributed by atoms with Gasteiger partial charge in [0, 0.05) is 6.08 Å². The van der Waals surface area contributed by atoms with Crippen molar-refractivity contribution < 1.29 is 9.90 Å². The first-order chi connectivity index (χ1) is 3.77. The molecule has 11 heavy (non-hydrogen) atoms. The molecule has 0 spiro atoms. The summed E-state index contributed by atoms with van der Waals surface area (Å²) >= 11 is 0. The SMILES string of the molecule is C/C=C/C=C/C(=O)O.Cl.[CaH2].[KH]. The monoisotopic (exact) mass is 230 g/mol. The molecule has 0 fully saturated rings. The number of hydrogen-bond acceptors (Lipinski definition) is 1. The van der Waals surface area contributed by atoms with E-state index in [-0.39, 0.29) is 102 Å². The summed E-state index contributed by atoms with van der Waals surface area (Å²) < 4.78 is 0. The van der Waals surface area contributed by atoms with Crippen molar-refractivity contribution in [2.75, 3.05) is 0 Å². The third-order valence-corrected chi connectivity index (χ3v) is 0.542. The number of halogens is 1. The van der Waals surface area contributed by atoms with Gasteiger partial charge in [0.2, 0.25) is 0 Å². The van der Waals surface area contributed by atoms with Gasteiger partial charge in [0.05, 0.1) is 0 Å². The Hall–Kier alpha value is 2.14. The second-order valence-corrected chi connectivity index (χ2v) is 1.22. The summed E-state index contributed by atoms with van der Waals surface area (Å²) in [6.07, 6.45) is 5.98. The zero-order valence-electron chi connectivity index (χ0n) is 5.07. The van der Waals surface area contributed by atoms with Crippen LogP contribution in [0.2, 0.25) is 0 Å². The van der Waals surface area contributed by atoms with E-state index in [1.807, 2.05) is 6.92 Å². The Labute approximate surface area is 145 Å². The second-order valence-electron chi connectivity index (χ2n) is 1.22. The maximum atomic E-state index is 9.75. The Bertz CT molecular complexity index is 137. The molecule has 0 aromatic rings. The average Bonchev–Trinajstić information content (AvgIpc) is 1.66. The first-order valence-electron chi connectivity index (χ1n) is 2.29. The summed E-state index contributed by atoms with van der Waals surface area (Å²) in [7, 11) is 0. The Kier molecular flexibility index (Phi) is 38.0. The van der Waals surface area contributed by atoms with Gasteiger partial charge in [-0.15, -0.1) is 12.4 Å². The van der Waals surface area contributed by atoms with Crippen LogP contribution in [0.4, 0.5) is 0 Å². The zero-order chi connectivity index (χ0) is 6.41. The van der Waals surface area contributed by atoms with Crippen LogP contribution in [0.1, 0.15) is 6.92 Å². The van der Waals surface area contributed by atoms with Crippen molar-refractivity contribution in [3.8, 4) is 0 Å². The van der Waals surface area contributed by atoms with Gasteiger partial charge in [-0.3, -0.25) is 0 Å². The Morgan fingerprint density at radius 3 is 2.09 bits per heavy atom. The molecule has 0 bridgehead atoms. The third-order valence-electron chi connectivity index (χ3n) is 0.542. The standard InChI is InChI=1S/C6H8O2.Ca.ClH.K.3H/c1-2-3-4-5-6(7)8;;;;;;/h2-5H,1H3,(H,7,8);;1H;;;;/b3-2+,5-4+;;;;;;. The van der Waals surface area contributed by atoms with Gasteiger partial charge in [0.25, 0.3) is 0 Å². The van der Waals surface area contributed by atoms with E-state index in [2.05, 4.69) is 0 Å². The predicted octanol–water partition coefficient (Wildman–Crippen LogP) is 0.0604. The van der Waals surface area contributed by atoms with Crippen LogP contribution < -0.4 is 0 Å². The van der Waals surface area contributed by atoms with Crippen LogP contribution in [-0.2, 0) is 4.79 Å². The van der Waals surface area contributed by atoms with Crippen LogP contribution in [0, 0.1) is 0 Å². The van der Waals surface area contributed by atoms with E-state index in [4.69, 9.17) is 5.11 Å². The van der Waals surface area contributed by atoms with Crippen LogP contribution >= 0.6 is 12.4 Å². The molecule has 5 heteroatoms. The molecule has 0 radical (unpaired) electrons. The van der Waals surface area contributed by atoms with Gasteiger partial charge in [0.1, 0.15) is 0 Å². The Balaban J connectivity index is -0.0000000817. The first kappa shape index (κ1) is 23.2. The summed E-state index contributed by atoms with van der Waals surface area (Å²) in [6, 6.07) is 0. The number of carbonyl (C=O) groups is 1. The topological polar surface area (TPSA) is 37.3 Å². The summed E-state index contributed by atoms with van der Waals surface area (Å²) in [5, 5.41) is 8.02. The molecule has 0 atom stereocenters. The van der Waals surface area contributed by atoms with Crippen LogP contribution in [-0.4, -0.2) is 100 Å². The van der Waals surface area contributed by atoms with Crippen molar-refractivity contribution in [1.29, 1.82) is 0 Å². The van der Waals surface area contributed by atoms with E-state index >= 15 is 0 Å². The molecular weight excluding hydrogens is 219 g/mol. The van der Waals surface area contributed by atoms with Crippen molar-refractivity contribution in [3.63, 3.8) is 0 Å². The van der Waals surface area contributed by atoms with E-state index in [1.165, 1.54) is 6.08 Å². The van der Waals surface area contributed by atoms with Crippen molar-refractivity contribution >= 4 is 107 Å². The van der Waals surface area contributed by atoms with Crippen LogP contribution in [0.5, 0.6) is 0 Å². The van der Waals surface area contributed by atoms with Crippen molar-refractivity contribution in [1.82, 2.24) is 0 Å². The van der Waals surface area contributed by atoms with Crippen molar-refractivity contribution in [2.45, 2.75) is 6.92 Å². The quantitative estimate of drug-likeness (QED) is 0.414. The molecule has 2 nitrogen and oxygen atoms in total. The van der Waals surface area contributed by atoms with Gasteiger partial charge < -0.3 is 5.11 Å². The summed E-state index contributed by atoms with van der Waals surface area (Å²) in [6.45, 7) is 1.83. The number of carboxylic acid groups (broad SMARTS) is 1. The van der Waals surface area contributed by atoms with Crippen molar-refractivity contribution in [2.24, 2.45) is 0 Å². The molecule has 58 valence electrons. The van der Waals surface area contributed by atoms with Gasteiger partial charge in [-0.25, -0.2) is 4.79 Å². The van der Waals surface area contributed by atoms with E-state index in [0.717, 1.165) is 6.08 Å². The van der Waals surface area contributed by atoms with Crippen LogP contribution in [0.25, 0.3) is 0 Å². The molecule has 0 aliphatic carbocycles. The Morgan fingerprint density at radius 1 is 1.36 bits per heavy atom. The molecule has 1 N–H and O–H groups in total. The number of hydrogen-bond donors (Lipinski definition) is 1. The fourth-order valence-electron chi connectivity index (χ4n) is 0.249. The van der Waals surface area contributed by atoms with E-state index < -0.39 is 5.97 Å². The summed E-state index contributed by atoms with van der Waals surface area (Å²) in [5.41, 5.74) is 0. The normalized spacial score (nSPS) is 8.09. The first-order valence-corrected chi connectivity index (χ1v) is 2.29. The number of allylic oxidation sites excluding steroid dienone is 3. The molecule has 0 aliphatic rings. The van der Waals surface area contributed by atoms with Crippen LogP contribution in [0.15, 0.2) is 24.3 Å². The summed E-state index contributed by atoms with van der Waals surface area (Å²) in [5.74, 6) is -0.914. The number of aliphatic carboxylic acids is 1. The molecule has 0 heterocycles. The second kappa shape index (κ2) is 18.0. The van der Waals surface area contributed by atoms with Gasteiger partial charge in [-0.05, 0) is 6.92 Å². The van der Waals surface area contributed by atoms with Gasteiger partial charge in [-0.1, -0.05) is 18.2 Å². The maximum absolute atomic E-state index is 9.75. The molecule has 0 amide bonds. The Morgan fingerprint density at radius 2 is 1.82 bits per heavy atom. The van der Waals surface area contributed by atoms with E-state index in [1.54, 1.807) is 12.2 Å². The molecular formula is C6H12CaClKO2. The third kappa shape index (κ3) is 24.5. The minimum absolute atomic E-state index is 0.